The molecule has 1 aliphatic heterocycles. The predicted octanol–water partition coefficient (Wildman–Crippen LogP) is 6.66. The second-order valence-corrected chi connectivity index (χ2v) is 10.1. The van der Waals surface area contributed by atoms with E-state index in [9.17, 15) is 4.39 Å². The summed E-state index contributed by atoms with van der Waals surface area (Å²) in [6, 6.07) is 23.6. The molecule has 0 aliphatic carbocycles. The Morgan fingerprint density at radius 2 is 1.07 bits per heavy atom. The minimum Gasteiger partial charge on any atom is -0.207 e. The van der Waals surface area contributed by atoms with Gasteiger partial charge < -0.3 is 0 Å². The van der Waals surface area contributed by atoms with Crippen LogP contribution in [-0.4, -0.2) is 0 Å². The van der Waals surface area contributed by atoms with Crippen LogP contribution in [0.15, 0.2) is 72.8 Å². The summed E-state index contributed by atoms with van der Waals surface area (Å²) in [7, 11) is -0.897. The molecule has 1 aliphatic rings. The van der Waals surface area contributed by atoms with Gasteiger partial charge in [0.15, 0.2) is 0 Å². The van der Waals surface area contributed by atoms with Crippen molar-refractivity contribution < 1.29 is 4.39 Å². The van der Waals surface area contributed by atoms with Gasteiger partial charge in [0, 0.05) is 10.0 Å². The molecule has 0 aromatic heterocycles. The molecule has 5 aromatic carbocycles. The van der Waals surface area contributed by atoms with Crippen molar-refractivity contribution in [2.24, 2.45) is 0 Å². The van der Waals surface area contributed by atoms with Gasteiger partial charge in [0.1, 0.15) is 5.82 Å². The molecule has 0 spiro atoms. The van der Waals surface area contributed by atoms with E-state index < -0.39 is 7.92 Å². The molecule has 4 heteroatoms. The molecule has 0 unspecified atom stereocenters. The smallest absolute Gasteiger partial charge is 0.123 e. The van der Waals surface area contributed by atoms with E-state index in [1.54, 1.807) is 0 Å². The van der Waals surface area contributed by atoms with Gasteiger partial charge in [-0.2, -0.15) is 0 Å². The first kappa shape index (κ1) is 16.7. The third-order valence-electron chi connectivity index (χ3n) is 5.47. The van der Waals surface area contributed by atoms with Crippen molar-refractivity contribution in [1.29, 1.82) is 0 Å². The zero-order valence-electron chi connectivity index (χ0n) is 14.5. The van der Waals surface area contributed by atoms with Crippen LogP contribution in [0.25, 0.3) is 32.3 Å². The Labute approximate surface area is 172 Å². The fourth-order valence-corrected chi connectivity index (χ4v) is 7.71. The van der Waals surface area contributed by atoms with Crippen LogP contribution in [0.1, 0.15) is 0 Å². The largest absolute Gasteiger partial charge is 0.207 e. The summed E-state index contributed by atoms with van der Waals surface area (Å²) in [4.78, 5) is 0. The fourth-order valence-electron chi connectivity index (χ4n) is 4.38. The van der Waals surface area contributed by atoms with Crippen molar-refractivity contribution >= 4 is 79.4 Å². The van der Waals surface area contributed by atoms with Crippen molar-refractivity contribution in [2.75, 3.05) is 0 Å². The van der Waals surface area contributed by atoms with Crippen molar-refractivity contribution in [3.63, 3.8) is 0 Å². The Bertz CT molecular complexity index is 1360. The zero-order valence-corrected chi connectivity index (χ0v) is 16.9. The lowest BCUT2D eigenvalue weighted by Gasteiger charge is -2.28. The second kappa shape index (κ2) is 5.91. The summed E-state index contributed by atoms with van der Waals surface area (Å²) in [5, 5.41) is 12.2. The lowest BCUT2D eigenvalue weighted by atomic mass is 9.96. The van der Waals surface area contributed by atoms with Crippen molar-refractivity contribution in [1.82, 2.24) is 0 Å². The standard InChI is InChI=1S/C24H12Cl2FP/c25-16-9-14-3-1-13-2-4-15-10-17(26)12-21-23(15)24(13)22(14)20(11-16)28(21)19-7-5-18(27)6-8-19/h1-12H. The molecule has 0 saturated carbocycles. The van der Waals surface area contributed by atoms with Crippen LogP contribution in [0.2, 0.25) is 10.0 Å². The molecule has 0 fully saturated rings. The molecular weight excluding hydrogens is 409 g/mol. The van der Waals surface area contributed by atoms with Gasteiger partial charge in [0.2, 0.25) is 0 Å². The van der Waals surface area contributed by atoms with Crippen molar-refractivity contribution in [3.05, 3.63) is 88.7 Å². The predicted molar refractivity (Wildman–Crippen MR) is 121 cm³/mol. The number of hydrogen-bond acceptors (Lipinski definition) is 0. The van der Waals surface area contributed by atoms with Crippen molar-refractivity contribution in [2.45, 2.75) is 0 Å². The average Bonchev–Trinajstić information content (AvgIpc) is 2.68. The van der Waals surface area contributed by atoms with E-state index >= 15 is 0 Å². The van der Waals surface area contributed by atoms with E-state index in [4.69, 9.17) is 23.2 Å². The van der Waals surface area contributed by atoms with Gasteiger partial charge >= 0.3 is 0 Å². The van der Waals surface area contributed by atoms with Crippen LogP contribution in [0.3, 0.4) is 0 Å². The molecule has 0 saturated heterocycles. The lowest BCUT2D eigenvalue weighted by Crippen LogP contribution is -2.25. The van der Waals surface area contributed by atoms with E-state index in [1.807, 2.05) is 24.3 Å². The Kier molecular flexibility index (Phi) is 3.53. The highest BCUT2D eigenvalue weighted by molar-refractivity contribution is 7.81. The van der Waals surface area contributed by atoms with E-state index in [0.29, 0.717) is 10.0 Å². The van der Waals surface area contributed by atoms with Crippen LogP contribution in [0, 0.1) is 5.82 Å². The summed E-state index contributed by atoms with van der Waals surface area (Å²) in [6.45, 7) is 0. The Morgan fingerprint density at radius 3 is 1.61 bits per heavy atom. The molecule has 0 amide bonds. The summed E-state index contributed by atoms with van der Waals surface area (Å²) < 4.78 is 13.6. The van der Waals surface area contributed by atoms with Gasteiger partial charge in [-0.25, -0.2) is 4.39 Å². The summed E-state index contributed by atoms with van der Waals surface area (Å²) in [5.41, 5.74) is 0. The highest BCUT2D eigenvalue weighted by atomic mass is 35.5. The third-order valence-corrected chi connectivity index (χ3v) is 8.39. The minimum absolute atomic E-state index is 0.231. The molecule has 0 nitrogen and oxygen atoms in total. The van der Waals surface area contributed by atoms with Crippen LogP contribution in [0.5, 0.6) is 0 Å². The van der Waals surface area contributed by atoms with Crippen LogP contribution < -0.4 is 15.9 Å². The quantitative estimate of drug-likeness (QED) is 0.206. The molecular formula is C24H12Cl2FP. The minimum atomic E-state index is -0.897. The molecule has 0 atom stereocenters. The Hall–Kier alpha value is -2.18. The van der Waals surface area contributed by atoms with E-state index in [0.717, 1.165) is 16.1 Å². The van der Waals surface area contributed by atoms with Gasteiger partial charge in [-0.05, 0) is 92.6 Å². The molecule has 0 radical (unpaired) electrons. The lowest BCUT2D eigenvalue weighted by molar-refractivity contribution is 0.628. The molecule has 1 heterocycles. The number of benzene rings is 5. The van der Waals surface area contributed by atoms with E-state index in [2.05, 4.69) is 36.4 Å². The second-order valence-electron chi connectivity index (χ2n) is 7.09. The van der Waals surface area contributed by atoms with Gasteiger partial charge in [-0.15, -0.1) is 0 Å². The number of rotatable bonds is 1. The topological polar surface area (TPSA) is 0 Å². The first-order valence-electron chi connectivity index (χ1n) is 8.94. The number of halogens is 3. The van der Waals surface area contributed by atoms with Crippen molar-refractivity contribution in [3.8, 4) is 0 Å². The SMILES string of the molecule is Fc1ccc(P2c3cc(Cl)cc4ccc5ccc6cc(Cl)cc2c6c5c34)cc1. The normalized spacial score (nSPS) is 13.4. The maximum Gasteiger partial charge on any atom is 0.123 e. The van der Waals surface area contributed by atoms with E-state index in [1.165, 1.54) is 44.3 Å². The van der Waals surface area contributed by atoms with Gasteiger partial charge in [0.25, 0.3) is 0 Å². The molecule has 5 aromatic rings. The summed E-state index contributed by atoms with van der Waals surface area (Å²) >= 11 is 13.0. The molecule has 6 rings (SSSR count). The summed E-state index contributed by atoms with van der Waals surface area (Å²) in [5.74, 6) is -0.231. The molecule has 28 heavy (non-hydrogen) atoms. The average molecular weight is 421 g/mol. The Morgan fingerprint density at radius 1 is 0.571 bits per heavy atom. The maximum absolute atomic E-state index is 13.6. The molecule has 0 N–H and O–H groups in total. The van der Waals surface area contributed by atoms with Gasteiger partial charge in [-0.3, -0.25) is 0 Å². The highest BCUT2D eigenvalue weighted by Gasteiger charge is 2.28. The van der Waals surface area contributed by atoms with E-state index in [-0.39, 0.29) is 5.82 Å². The first-order valence-corrected chi connectivity index (χ1v) is 11.0. The maximum atomic E-state index is 13.6. The zero-order chi connectivity index (χ0) is 19.0. The molecule has 134 valence electrons. The van der Waals surface area contributed by atoms with Crippen LogP contribution in [-0.2, 0) is 0 Å². The van der Waals surface area contributed by atoms with Gasteiger partial charge in [0.05, 0.1) is 0 Å². The Balaban J connectivity index is 1.88. The third kappa shape index (κ3) is 2.28. The molecule has 0 bridgehead atoms. The van der Waals surface area contributed by atoms with Crippen LogP contribution >= 0.6 is 31.1 Å². The summed E-state index contributed by atoms with van der Waals surface area (Å²) in [6.07, 6.45) is 0. The highest BCUT2D eigenvalue weighted by Crippen LogP contribution is 2.47. The first-order chi connectivity index (χ1) is 13.6. The van der Waals surface area contributed by atoms with Crippen LogP contribution in [0.4, 0.5) is 4.39 Å². The van der Waals surface area contributed by atoms with Gasteiger partial charge in [-0.1, -0.05) is 59.6 Å². The fraction of sp³-hybridized carbons (Fsp3) is 0. The monoisotopic (exact) mass is 420 g/mol. The number of hydrogen-bond donors (Lipinski definition) is 0.